The lowest BCUT2D eigenvalue weighted by Crippen LogP contribution is -2.50. The maximum Gasteiger partial charge on any atom is 0.226 e. The van der Waals surface area contributed by atoms with Crippen LogP contribution in [0.4, 0.5) is 0 Å². The van der Waals surface area contributed by atoms with Crippen LogP contribution in [0.1, 0.15) is 46.0 Å². The average molecular weight is 224 g/mol. The minimum absolute atomic E-state index is 0.185. The molecular weight excluding hydrogens is 200 g/mol. The minimum Gasteiger partial charge on any atom is -0.341 e. The van der Waals surface area contributed by atoms with E-state index in [0.29, 0.717) is 5.91 Å². The van der Waals surface area contributed by atoms with Gasteiger partial charge in [0.15, 0.2) is 0 Å². The fourth-order valence-electron chi connectivity index (χ4n) is 2.92. The SMILES string of the molecule is CN(C(=O)C1CC1(C)C)C1CCCCC1N. The van der Waals surface area contributed by atoms with E-state index in [1.807, 2.05) is 11.9 Å². The highest BCUT2D eigenvalue weighted by Crippen LogP contribution is 2.52. The highest BCUT2D eigenvalue weighted by atomic mass is 16.2. The normalized spacial score (nSPS) is 36.9. The molecule has 0 radical (unpaired) electrons. The van der Waals surface area contributed by atoms with Crippen molar-refractivity contribution in [3.05, 3.63) is 0 Å². The summed E-state index contributed by atoms with van der Waals surface area (Å²) in [6, 6.07) is 0.460. The van der Waals surface area contributed by atoms with Crippen LogP contribution in [0.5, 0.6) is 0 Å². The van der Waals surface area contributed by atoms with Crippen LogP contribution in [0, 0.1) is 11.3 Å². The number of carbonyl (C=O) groups excluding carboxylic acids is 1. The summed E-state index contributed by atoms with van der Waals surface area (Å²) in [4.78, 5) is 14.2. The third kappa shape index (κ3) is 2.10. The number of hydrogen-bond acceptors (Lipinski definition) is 2. The average Bonchev–Trinajstić information content (AvgIpc) is 2.86. The number of hydrogen-bond donors (Lipinski definition) is 1. The third-order valence-corrected chi connectivity index (χ3v) is 4.44. The van der Waals surface area contributed by atoms with Gasteiger partial charge in [0.05, 0.1) is 0 Å². The number of amides is 1. The lowest BCUT2D eigenvalue weighted by molar-refractivity contribution is -0.135. The van der Waals surface area contributed by atoms with E-state index in [-0.39, 0.29) is 23.4 Å². The number of nitrogens with two attached hydrogens (primary N) is 1. The van der Waals surface area contributed by atoms with E-state index < -0.39 is 0 Å². The summed E-state index contributed by atoms with van der Waals surface area (Å²) in [5.74, 6) is 0.555. The molecule has 2 saturated carbocycles. The molecule has 0 aromatic heterocycles. The summed E-state index contributed by atoms with van der Waals surface area (Å²) in [5.41, 5.74) is 6.34. The summed E-state index contributed by atoms with van der Waals surface area (Å²) in [5, 5.41) is 0. The first-order chi connectivity index (χ1) is 7.43. The Kier molecular flexibility index (Phi) is 2.99. The van der Waals surface area contributed by atoms with Gasteiger partial charge in [-0.05, 0) is 24.7 Å². The Labute approximate surface area is 98.4 Å². The number of likely N-dealkylation sites (N-methyl/N-ethyl adjacent to an activating group) is 1. The van der Waals surface area contributed by atoms with Gasteiger partial charge < -0.3 is 10.6 Å². The Hall–Kier alpha value is -0.570. The van der Waals surface area contributed by atoms with E-state index >= 15 is 0 Å². The van der Waals surface area contributed by atoms with Crippen LogP contribution < -0.4 is 5.73 Å². The number of rotatable bonds is 2. The zero-order valence-corrected chi connectivity index (χ0v) is 10.7. The zero-order valence-electron chi connectivity index (χ0n) is 10.7. The molecule has 0 spiro atoms. The van der Waals surface area contributed by atoms with Gasteiger partial charge in [-0.25, -0.2) is 0 Å². The topological polar surface area (TPSA) is 46.3 Å². The Morgan fingerprint density at radius 2 is 1.88 bits per heavy atom. The van der Waals surface area contributed by atoms with Gasteiger partial charge in [0, 0.05) is 25.0 Å². The van der Waals surface area contributed by atoms with E-state index in [4.69, 9.17) is 5.73 Å². The Morgan fingerprint density at radius 1 is 1.31 bits per heavy atom. The highest BCUT2D eigenvalue weighted by Gasteiger charge is 2.52. The predicted molar refractivity (Wildman–Crippen MR) is 64.9 cm³/mol. The van der Waals surface area contributed by atoms with Crippen molar-refractivity contribution in [1.29, 1.82) is 0 Å². The first kappa shape index (κ1) is 11.9. The molecule has 0 aromatic rings. The second kappa shape index (κ2) is 4.02. The first-order valence-corrected chi connectivity index (χ1v) is 6.46. The summed E-state index contributed by atoms with van der Waals surface area (Å²) in [6.45, 7) is 4.34. The quantitative estimate of drug-likeness (QED) is 0.777. The van der Waals surface area contributed by atoms with Crippen molar-refractivity contribution in [2.75, 3.05) is 7.05 Å². The molecule has 1 amide bonds. The molecule has 0 bridgehead atoms. The van der Waals surface area contributed by atoms with Crippen LogP contribution in [-0.2, 0) is 4.79 Å². The molecule has 0 aliphatic heterocycles. The van der Waals surface area contributed by atoms with Gasteiger partial charge in [-0.1, -0.05) is 26.7 Å². The Balaban J connectivity index is 1.96. The van der Waals surface area contributed by atoms with Crippen LogP contribution in [0.15, 0.2) is 0 Å². The highest BCUT2D eigenvalue weighted by molar-refractivity contribution is 5.82. The summed E-state index contributed by atoms with van der Waals surface area (Å²) in [6.07, 6.45) is 5.61. The molecular formula is C13H24N2O. The van der Waals surface area contributed by atoms with Crippen LogP contribution in [-0.4, -0.2) is 29.9 Å². The van der Waals surface area contributed by atoms with Crippen molar-refractivity contribution < 1.29 is 4.79 Å². The van der Waals surface area contributed by atoms with Gasteiger partial charge >= 0.3 is 0 Å². The van der Waals surface area contributed by atoms with Gasteiger partial charge in [0.25, 0.3) is 0 Å². The fourth-order valence-corrected chi connectivity index (χ4v) is 2.92. The van der Waals surface area contributed by atoms with Crippen LogP contribution >= 0.6 is 0 Å². The monoisotopic (exact) mass is 224 g/mol. The van der Waals surface area contributed by atoms with Crippen LogP contribution in [0.3, 0.4) is 0 Å². The lowest BCUT2D eigenvalue weighted by Gasteiger charge is -2.36. The van der Waals surface area contributed by atoms with Gasteiger partial charge in [-0.15, -0.1) is 0 Å². The van der Waals surface area contributed by atoms with E-state index in [2.05, 4.69) is 13.8 Å². The molecule has 3 unspecified atom stereocenters. The first-order valence-electron chi connectivity index (χ1n) is 6.46. The molecule has 3 atom stereocenters. The van der Waals surface area contributed by atoms with Gasteiger partial charge in [-0.3, -0.25) is 4.79 Å². The molecule has 0 heterocycles. The molecule has 2 fully saturated rings. The second-order valence-electron chi connectivity index (χ2n) is 6.21. The van der Waals surface area contributed by atoms with Crippen LogP contribution in [0.25, 0.3) is 0 Å². The lowest BCUT2D eigenvalue weighted by atomic mass is 9.89. The van der Waals surface area contributed by atoms with E-state index in [0.717, 1.165) is 19.3 Å². The summed E-state index contributed by atoms with van der Waals surface area (Å²) in [7, 11) is 1.94. The molecule has 92 valence electrons. The molecule has 2 rings (SSSR count). The zero-order chi connectivity index (χ0) is 11.9. The van der Waals surface area contributed by atoms with Crippen molar-refractivity contribution >= 4 is 5.91 Å². The number of carbonyl (C=O) groups is 1. The fraction of sp³-hybridized carbons (Fsp3) is 0.923. The van der Waals surface area contributed by atoms with E-state index in [1.165, 1.54) is 12.8 Å². The van der Waals surface area contributed by atoms with Crippen molar-refractivity contribution in [3.63, 3.8) is 0 Å². The van der Waals surface area contributed by atoms with Crippen molar-refractivity contribution in [1.82, 2.24) is 4.90 Å². The second-order valence-corrected chi connectivity index (χ2v) is 6.21. The van der Waals surface area contributed by atoms with Crippen molar-refractivity contribution in [3.8, 4) is 0 Å². The largest absolute Gasteiger partial charge is 0.341 e. The maximum atomic E-state index is 12.2. The molecule has 3 nitrogen and oxygen atoms in total. The molecule has 2 aliphatic rings. The maximum absolute atomic E-state index is 12.2. The van der Waals surface area contributed by atoms with Crippen molar-refractivity contribution in [2.24, 2.45) is 17.1 Å². The molecule has 0 aromatic carbocycles. The van der Waals surface area contributed by atoms with Crippen LogP contribution in [0.2, 0.25) is 0 Å². The Bertz CT molecular complexity index is 288. The van der Waals surface area contributed by atoms with Crippen molar-refractivity contribution in [2.45, 2.75) is 58.0 Å². The Morgan fingerprint density at radius 3 is 2.38 bits per heavy atom. The van der Waals surface area contributed by atoms with Gasteiger partial charge in [0.2, 0.25) is 5.91 Å². The standard InChI is InChI=1S/C13H24N2O/c1-13(2)8-9(13)12(16)15(3)11-7-5-4-6-10(11)14/h9-11H,4-8,14H2,1-3H3. The molecule has 16 heavy (non-hydrogen) atoms. The third-order valence-electron chi connectivity index (χ3n) is 4.44. The van der Waals surface area contributed by atoms with Gasteiger partial charge in [-0.2, -0.15) is 0 Å². The number of nitrogens with zero attached hydrogens (tertiary/aromatic N) is 1. The predicted octanol–water partition coefficient (Wildman–Crippen LogP) is 1.76. The smallest absolute Gasteiger partial charge is 0.226 e. The van der Waals surface area contributed by atoms with E-state index in [9.17, 15) is 4.79 Å². The molecule has 2 N–H and O–H groups in total. The summed E-state index contributed by atoms with van der Waals surface area (Å²) >= 11 is 0. The van der Waals surface area contributed by atoms with Gasteiger partial charge in [0.1, 0.15) is 0 Å². The molecule has 0 saturated heterocycles. The molecule has 3 heteroatoms. The summed E-state index contributed by atoms with van der Waals surface area (Å²) < 4.78 is 0. The minimum atomic E-state index is 0.185. The molecule has 2 aliphatic carbocycles. The van der Waals surface area contributed by atoms with E-state index in [1.54, 1.807) is 0 Å².